The molecule has 6 rings (SSSR count). The summed E-state index contributed by atoms with van der Waals surface area (Å²) in [6.07, 6.45) is 10.9. The van der Waals surface area contributed by atoms with Gasteiger partial charge in [-0.05, 0) is 143 Å². The molecule has 10 atom stereocenters. The van der Waals surface area contributed by atoms with Crippen molar-refractivity contribution in [2.24, 2.45) is 46.3 Å². The Morgan fingerprint density at radius 3 is 2.56 bits per heavy atom. The molecule has 2 N–H and O–H groups in total. The van der Waals surface area contributed by atoms with E-state index in [2.05, 4.69) is 64.6 Å². The van der Waals surface area contributed by atoms with Crippen molar-refractivity contribution in [3.05, 3.63) is 29.3 Å². The lowest BCUT2D eigenvalue weighted by molar-refractivity contribution is -0.174. The molecule has 4 heteroatoms. The third-order valence-corrected chi connectivity index (χ3v) is 13.3. The van der Waals surface area contributed by atoms with Crippen LogP contribution in [0.1, 0.15) is 110 Å². The molecule has 1 amide bonds. The van der Waals surface area contributed by atoms with E-state index in [1.807, 2.05) is 0 Å². The predicted molar refractivity (Wildman–Crippen MR) is 157 cm³/mol. The highest BCUT2D eigenvalue weighted by atomic mass is 16.3. The number of benzene rings is 1. The van der Waals surface area contributed by atoms with Crippen LogP contribution >= 0.6 is 0 Å². The van der Waals surface area contributed by atoms with E-state index >= 15 is 0 Å². The number of hydrogen-bond donors (Lipinski definition) is 2. The molecule has 1 heterocycles. The summed E-state index contributed by atoms with van der Waals surface area (Å²) in [7, 11) is 0. The van der Waals surface area contributed by atoms with Gasteiger partial charge < -0.3 is 15.1 Å². The maximum absolute atomic E-state index is 13.7. The van der Waals surface area contributed by atoms with E-state index in [0.29, 0.717) is 41.9 Å². The molecule has 1 aliphatic heterocycles. The minimum atomic E-state index is -0.260. The lowest BCUT2D eigenvalue weighted by Crippen LogP contribution is -2.58. The second-order valence-corrected chi connectivity index (χ2v) is 15.8. The van der Waals surface area contributed by atoms with Crippen LogP contribution in [0.4, 0.5) is 5.69 Å². The second kappa shape index (κ2) is 9.58. The molecule has 0 saturated heterocycles. The van der Waals surface area contributed by atoms with E-state index in [1.54, 1.807) is 0 Å². The molecule has 0 aromatic heterocycles. The zero-order chi connectivity index (χ0) is 27.9. The largest absolute Gasteiger partial charge is 0.393 e. The van der Waals surface area contributed by atoms with Gasteiger partial charge in [0.25, 0.3) is 0 Å². The van der Waals surface area contributed by atoms with Gasteiger partial charge in [-0.25, -0.2) is 0 Å². The first kappa shape index (κ1) is 27.8. The standard InChI is InChI=1S/C35H53NO3/c1-21-7-13-30-23(17-21)20-33(3,4)36(30)32(39)14-8-22(2)27-11-12-28-26-10-9-24-18-25(37)15-16-34(24,5)29(26)19-31(38)35(27,28)6/h7,13,17,22,24-29,31,37-38H,8-12,14-16,18-20H2,1-6H3/t22-,24-,25-,26+,27-,28+,29+,31+,34+,35-/m1/s1. The highest BCUT2D eigenvalue weighted by Gasteiger charge is 2.63. The van der Waals surface area contributed by atoms with Crippen LogP contribution in [0.5, 0.6) is 0 Å². The van der Waals surface area contributed by atoms with Crippen LogP contribution in [0, 0.1) is 53.3 Å². The Kier molecular flexibility index (Phi) is 6.82. The summed E-state index contributed by atoms with van der Waals surface area (Å²) in [5.74, 6) is 3.66. The zero-order valence-corrected chi connectivity index (χ0v) is 25.4. The molecule has 4 aliphatic carbocycles. The molecule has 0 bridgehead atoms. The number of aliphatic hydroxyl groups is 2. The Labute approximate surface area is 236 Å². The van der Waals surface area contributed by atoms with Crippen LogP contribution < -0.4 is 4.90 Å². The summed E-state index contributed by atoms with van der Waals surface area (Å²) in [4.78, 5) is 15.8. The van der Waals surface area contributed by atoms with Crippen molar-refractivity contribution in [2.75, 3.05) is 4.90 Å². The highest BCUT2D eigenvalue weighted by Crippen LogP contribution is 2.68. The minimum absolute atomic E-state index is 0.0436. The van der Waals surface area contributed by atoms with Gasteiger partial charge in [0.15, 0.2) is 0 Å². The Morgan fingerprint density at radius 1 is 1.03 bits per heavy atom. The SMILES string of the molecule is Cc1ccc2c(c1)CC(C)(C)N2C(=O)CC[C@@H](C)[C@H]1CC[C@H]2[C@@H]3CC[C@@H]4C[C@H](O)CC[C@]4(C)[C@H]3C[C@H](O)[C@]12C. The fourth-order valence-corrected chi connectivity index (χ4v) is 11.2. The monoisotopic (exact) mass is 535 g/mol. The molecule has 5 aliphatic rings. The van der Waals surface area contributed by atoms with Gasteiger partial charge in [0.2, 0.25) is 5.91 Å². The molecule has 4 saturated carbocycles. The molecule has 0 unspecified atom stereocenters. The third-order valence-electron chi connectivity index (χ3n) is 13.3. The van der Waals surface area contributed by atoms with Gasteiger partial charge in [-0.1, -0.05) is 38.5 Å². The number of hydrogen-bond acceptors (Lipinski definition) is 3. The van der Waals surface area contributed by atoms with Gasteiger partial charge in [-0.3, -0.25) is 4.79 Å². The Hall–Kier alpha value is -1.39. The summed E-state index contributed by atoms with van der Waals surface area (Å²) >= 11 is 0. The highest BCUT2D eigenvalue weighted by molar-refractivity contribution is 5.97. The van der Waals surface area contributed by atoms with E-state index in [-0.39, 0.29) is 34.5 Å². The summed E-state index contributed by atoms with van der Waals surface area (Å²) in [6, 6.07) is 6.51. The molecule has 4 nitrogen and oxygen atoms in total. The van der Waals surface area contributed by atoms with Crippen LogP contribution in [0.2, 0.25) is 0 Å². The van der Waals surface area contributed by atoms with Crippen LogP contribution in [-0.2, 0) is 11.2 Å². The predicted octanol–water partition coefficient (Wildman–Crippen LogP) is 7.07. The molecule has 0 radical (unpaired) electrons. The van der Waals surface area contributed by atoms with Gasteiger partial charge in [0, 0.05) is 17.6 Å². The first-order valence-electron chi connectivity index (χ1n) is 16.1. The number of anilines is 1. The van der Waals surface area contributed by atoms with Crippen LogP contribution in [-0.4, -0.2) is 33.9 Å². The van der Waals surface area contributed by atoms with Gasteiger partial charge in [-0.15, -0.1) is 0 Å². The molecule has 1 aromatic rings. The Bertz CT molecular complexity index is 1110. The average molecular weight is 536 g/mol. The van der Waals surface area contributed by atoms with Crippen molar-refractivity contribution in [3.63, 3.8) is 0 Å². The van der Waals surface area contributed by atoms with Crippen molar-refractivity contribution in [1.29, 1.82) is 0 Å². The normalized spacial score (nSPS) is 43.3. The molecule has 4 fully saturated rings. The minimum Gasteiger partial charge on any atom is -0.393 e. The van der Waals surface area contributed by atoms with E-state index in [0.717, 1.165) is 44.2 Å². The van der Waals surface area contributed by atoms with Gasteiger partial charge >= 0.3 is 0 Å². The lowest BCUT2D eigenvalue weighted by Gasteiger charge is -2.62. The molecule has 0 spiro atoms. The number of rotatable bonds is 4. The van der Waals surface area contributed by atoms with Crippen molar-refractivity contribution < 1.29 is 15.0 Å². The molecule has 39 heavy (non-hydrogen) atoms. The third kappa shape index (κ3) is 4.25. The summed E-state index contributed by atoms with van der Waals surface area (Å²) in [6.45, 7) is 13.8. The summed E-state index contributed by atoms with van der Waals surface area (Å²) in [5.41, 5.74) is 3.70. The quantitative estimate of drug-likeness (QED) is 0.433. The second-order valence-electron chi connectivity index (χ2n) is 15.8. The first-order valence-corrected chi connectivity index (χ1v) is 16.1. The average Bonchev–Trinajstić information content (AvgIpc) is 3.36. The number of carbonyl (C=O) groups excluding carboxylic acids is 1. The van der Waals surface area contributed by atoms with E-state index in [4.69, 9.17) is 0 Å². The zero-order valence-electron chi connectivity index (χ0n) is 25.4. The number of nitrogens with zero attached hydrogens (tertiary/aromatic N) is 1. The summed E-state index contributed by atoms with van der Waals surface area (Å²) in [5, 5.41) is 22.2. The van der Waals surface area contributed by atoms with E-state index < -0.39 is 0 Å². The first-order chi connectivity index (χ1) is 18.4. The van der Waals surface area contributed by atoms with Gasteiger partial charge in [-0.2, -0.15) is 0 Å². The van der Waals surface area contributed by atoms with Crippen LogP contribution in [0.3, 0.4) is 0 Å². The van der Waals surface area contributed by atoms with E-state index in [9.17, 15) is 15.0 Å². The number of carbonyl (C=O) groups is 1. The van der Waals surface area contributed by atoms with Crippen LogP contribution in [0.15, 0.2) is 18.2 Å². The maximum atomic E-state index is 13.7. The number of fused-ring (bicyclic) bond motifs is 6. The Morgan fingerprint density at radius 2 is 1.79 bits per heavy atom. The lowest BCUT2D eigenvalue weighted by atomic mass is 9.43. The van der Waals surface area contributed by atoms with E-state index in [1.165, 1.54) is 36.8 Å². The van der Waals surface area contributed by atoms with Crippen molar-refractivity contribution in [2.45, 2.75) is 130 Å². The molecular formula is C35H53NO3. The fourth-order valence-electron chi connectivity index (χ4n) is 11.2. The molecule has 1 aromatic carbocycles. The topological polar surface area (TPSA) is 60.8 Å². The van der Waals surface area contributed by atoms with Gasteiger partial charge in [0.1, 0.15) is 0 Å². The number of aliphatic hydroxyl groups excluding tert-OH is 2. The smallest absolute Gasteiger partial charge is 0.227 e. The molecular weight excluding hydrogens is 482 g/mol. The number of aryl methyl sites for hydroxylation is 1. The van der Waals surface area contributed by atoms with Gasteiger partial charge in [0.05, 0.1) is 12.2 Å². The van der Waals surface area contributed by atoms with Crippen molar-refractivity contribution in [3.8, 4) is 0 Å². The van der Waals surface area contributed by atoms with Crippen molar-refractivity contribution in [1.82, 2.24) is 0 Å². The maximum Gasteiger partial charge on any atom is 0.227 e. The van der Waals surface area contributed by atoms with Crippen molar-refractivity contribution >= 4 is 11.6 Å². The Balaban J connectivity index is 1.15. The molecule has 216 valence electrons. The van der Waals surface area contributed by atoms with Crippen LogP contribution in [0.25, 0.3) is 0 Å². The summed E-state index contributed by atoms with van der Waals surface area (Å²) < 4.78 is 0. The fraction of sp³-hybridized carbons (Fsp3) is 0.800. The number of amides is 1.